The minimum Gasteiger partial charge on any atom is -0.378 e. The average molecular weight is 332 g/mol. The highest BCUT2D eigenvalue weighted by molar-refractivity contribution is 7.86. The Balaban J connectivity index is 1.46. The van der Waals surface area contributed by atoms with Crippen molar-refractivity contribution < 1.29 is 17.9 Å². The van der Waals surface area contributed by atoms with Gasteiger partial charge in [0.2, 0.25) is 0 Å². The van der Waals surface area contributed by atoms with E-state index in [9.17, 15) is 8.42 Å². The molecule has 0 radical (unpaired) electrons. The highest BCUT2D eigenvalue weighted by Gasteiger charge is 2.44. The van der Waals surface area contributed by atoms with E-state index in [4.69, 9.17) is 9.47 Å². The van der Waals surface area contributed by atoms with Crippen molar-refractivity contribution in [1.29, 1.82) is 0 Å². The lowest BCUT2D eigenvalue weighted by atomic mass is 9.77. The Morgan fingerprint density at radius 2 is 1.91 bits per heavy atom. The second kappa shape index (κ2) is 6.36. The fourth-order valence-electron chi connectivity index (χ4n) is 3.42. The highest BCUT2D eigenvalue weighted by Crippen LogP contribution is 2.42. The van der Waals surface area contributed by atoms with E-state index in [1.165, 1.54) is 17.1 Å². The molecule has 2 aliphatic heterocycles. The van der Waals surface area contributed by atoms with Gasteiger partial charge in [-0.15, -0.1) is 0 Å². The van der Waals surface area contributed by atoms with Crippen LogP contribution in [0.1, 0.15) is 32.1 Å². The van der Waals surface area contributed by atoms with Crippen molar-refractivity contribution in [3.8, 4) is 0 Å². The molecule has 1 saturated carbocycles. The molecule has 1 atom stereocenters. The molecule has 0 aromatic heterocycles. The molecular weight excluding hydrogens is 304 g/mol. The van der Waals surface area contributed by atoms with Gasteiger partial charge in [0, 0.05) is 33.8 Å². The molecule has 22 heavy (non-hydrogen) atoms. The van der Waals surface area contributed by atoms with Crippen LogP contribution in [0.3, 0.4) is 0 Å². The topological polar surface area (TPSA) is 59.1 Å². The van der Waals surface area contributed by atoms with Gasteiger partial charge < -0.3 is 9.47 Å². The molecule has 0 aromatic carbocycles. The van der Waals surface area contributed by atoms with E-state index in [2.05, 4.69) is 0 Å². The highest BCUT2D eigenvalue weighted by atomic mass is 32.2. The van der Waals surface area contributed by atoms with Crippen LogP contribution < -0.4 is 0 Å². The molecule has 0 unspecified atom stereocenters. The van der Waals surface area contributed by atoms with Crippen LogP contribution in [0.4, 0.5) is 0 Å². The molecule has 6 nitrogen and oxygen atoms in total. The molecule has 0 aromatic rings. The zero-order valence-electron chi connectivity index (χ0n) is 13.7. The summed E-state index contributed by atoms with van der Waals surface area (Å²) in [6.07, 6.45) is 5.60. The smallest absolute Gasteiger partial charge is 0.281 e. The van der Waals surface area contributed by atoms with Crippen molar-refractivity contribution in [1.82, 2.24) is 8.61 Å². The Morgan fingerprint density at radius 3 is 2.50 bits per heavy atom. The maximum absolute atomic E-state index is 12.2. The third kappa shape index (κ3) is 3.64. The molecule has 128 valence electrons. The van der Waals surface area contributed by atoms with Crippen molar-refractivity contribution in [3.05, 3.63) is 0 Å². The van der Waals surface area contributed by atoms with Crippen LogP contribution in [0.2, 0.25) is 0 Å². The molecule has 1 spiro atoms. The first kappa shape index (κ1) is 16.6. The molecule has 1 aliphatic carbocycles. The molecule has 7 heteroatoms. The molecule has 3 rings (SSSR count). The summed E-state index contributed by atoms with van der Waals surface area (Å²) in [5.74, 6) is 0.787. The minimum atomic E-state index is -3.28. The standard InChI is InChI=1S/C15H28N2O4S/c1-16(2)22(18,19)17-7-5-15(6-8-17)9-14(21-12-15)11-20-10-13-3-4-13/h13-14H,3-12H2,1-2H3/t14-/m0/s1. The number of nitrogens with zero attached hydrogens (tertiary/aromatic N) is 2. The molecule has 0 N–H and O–H groups in total. The molecule has 0 amide bonds. The quantitative estimate of drug-likeness (QED) is 0.731. The van der Waals surface area contributed by atoms with E-state index in [0.717, 1.165) is 38.4 Å². The predicted octanol–water partition coefficient (Wildman–Crippen LogP) is 1.09. The van der Waals surface area contributed by atoms with E-state index in [0.29, 0.717) is 19.7 Å². The Kier molecular flexibility index (Phi) is 4.81. The van der Waals surface area contributed by atoms with Crippen molar-refractivity contribution in [2.75, 3.05) is 47.0 Å². The van der Waals surface area contributed by atoms with Crippen LogP contribution in [0, 0.1) is 11.3 Å². The van der Waals surface area contributed by atoms with E-state index in [1.807, 2.05) is 0 Å². The van der Waals surface area contributed by atoms with Gasteiger partial charge in [0.1, 0.15) is 0 Å². The molecule has 3 fully saturated rings. The molecule has 2 heterocycles. The Hall–Kier alpha value is -0.210. The second-order valence-electron chi connectivity index (χ2n) is 7.31. The van der Waals surface area contributed by atoms with Gasteiger partial charge >= 0.3 is 0 Å². The van der Waals surface area contributed by atoms with Crippen LogP contribution in [0.25, 0.3) is 0 Å². The zero-order chi connectivity index (χ0) is 15.8. The normalized spacial score (nSPS) is 29.5. The molecule has 2 saturated heterocycles. The van der Waals surface area contributed by atoms with Gasteiger partial charge in [0.25, 0.3) is 10.2 Å². The van der Waals surface area contributed by atoms with E-state index in [-0.39, 0.29) is 11.5 Å². The van der Waals surface area contributed by atoms with Gasteiger partial charge in [-0.1, -0.05) is 0 Å². The van der Waals surface area contributed by atoms with E-state index >= 15 is 0 Å². The third-order valence-electron chi connectivity index (χ3n) is 5.21. The van der Waals surface area contributed by atoms with E-state index < -0.39 is 10.2 Å². The van der Waals surface area contributed by atoms with Gasteiger partial charge in [-0.25, -0.2) is 0 Å². The largest absolute Gasteiger partial charge is 0.378 e. The molecule has 0 bridgehead atoms. The third-order valence-corrected chi connectivity index (χ3v) is 7.15. The Bertz CT molecular complexity index is 482. The lowest BCUT2D eigenvalue weighted by Gasteiger charge is -2.38. The van der Waals surface area contributed by atoms with Crippen molar-refractivity contribution >= 4 is 10.2 Å². The van der Waals surface area contributed by atoms with E-state index in [1.54, 1.807) is 18.4 Å². The molecular formula is C15H28N2O4S. The molecule has 3 aliphatic rings. The minimum absolute atomic E-state index is 0.159. The summed E-state index contributed by atoms with van der Waals surface area (Å²) in [6.45, 7) is 3.51. The fraction of sp³-hybridized carbons (Fsp3) is 1.00. The summed E-state index contributed by atoms with van der Waals surface area (Å²) in [5.41, 5.74) is 0.159. The second-order valence-corrected chi connectivity index (χ2v) is 9.45. The fourth-order valence-corrected chi connectivity index (χ4v) is 4.53. The summed E-state index contributed by atoms with van der Waals surface area (Å²) in [6, 6.07) is 0. The van der Waals surface area contributed by atoms with Crippen LogP contribution >= 0.6 is 0 Å². The average Bonchev–Trinajstić information content (AvgIpc) is 3.22. The summed E-state index contributed by atoms with van der Waals surface area (Å²) >= 11 is 0. The van der Waals surface area contributed by atoms with Crippen LogP contribution in [0.5, 0.6) is 0 Å². The van der Waals surface area contributed by atoms with Crippen molar-refractivity contribution in [2.45, 2.75) is 38.2 Å². The van der Waals surface area contributed by atoms with Crippen LogP contribution in [0.15, 0.2) is 0 Å². The summed E-state index contributed by atoms with van der Waals surface area (Å²) in [7, 11) is -0.0975. The number of hydrogen-bond acceptors (Lipinski definition) is 4. The summed E-state index contributed by atoms with van der Waals surface area (Å²) < 4.78 is 38.9. The van der Waals surface area contributed by atoms with Gasteiger partial charge in [-0.2, -0.15) is 17.0 Å². The first-order valence-corrected chi connectivity index (χ1v) is 9.68. The Labute approximate surface area is 133 Å². The Morgan fingerprint density at radius 1 is 1.23 bits per heavy atom. The maximum Gasteiger partial charge on any atom is 0.281 e. The van der Waals surface area contributed by atoms with Crippen LogP contribution in [-0.4, -0.2) is 70.1 Å². The number of rotatable bonds is 6. The predicted molar refractivity (Wildman–Crippen MR) is 83.7 cm³/mol. The maximum atomic E-state index is 12.2. The van der Waals surface area contributed by atoms with Gasteiger partial charge in [-0.3, -0.25) is 0 Å². The first-order valence-electron chi connectivity index (χ1n) is 8.28. The SMILES string of the molecule is CN(C)S(=O)(=O)N1CCC2(CC1)CO[C@H](COCC1CC1)C2. The summed E-state index contributed by atoms with van der Waals surface area (Å²) in [5, 5.41) is 0. The monoisotopic (exact) mass is 332 g/mol. The lowest BCUT2D eigenvalue weighted by Crippen LogP contribution is -2.47. The van der Waals surface area contributed by atoms with Crippen molar-refractivity contribution in [3.63, 3.8) is 0 Å². The number of ether oxygens (including phenoxy) is 2. The van der Waals surface area contributed by atoms with Gasteiger partial charge in [-0.05, 0) is 43.4 Å². The van der Waals surface area contributed by atoms with Gasteiger partial charge in [0.05, 0.1) is 19.3 Å². The lowest BCUT2D eigenvalue weighted by molar-refractivity contribution is 0.0103. The summed E-state index contributed by atoms with van der Waals surface area (Å²) in [4.78, 5) is 0. The zero-order valence-corrected chi connectivity index (χ0v) is 14.5. The van der Waals surface area contributed by atoms with Gasteiger partial charge in [0.15, 0.2) is 0 Å². The first-order chi connectivity index (χ1) is 10.4. The number of hydrogen-bond donors (Lipinski definition) is 0. The van der Waals surface area contributed by atoms with Crippen LogP contribution in [-0.2, 0) is 19.7 Å². The number of piperidine rings is 1. The van der Waals surface area contributed by atoms with Crippen molar-refractivity contribution in [2.24, 2.45) is 11.3 Å².